The number of carbonyl (C=O) groups excluding carboxylic acids is 1. The van der Waals surface area contributed by atoms with Crippen molar-refractivity contribution in [1.82, 2.24) is 15.2 Å². The van der Waals surface area contributed by atoms with E-state index in [1.807, 2.05) is 41.5 Å². The summed E-state index contributed by atoms with van der Waals surface area (Å²) in [5.74, 6) is 0.111. The summed E-state index contributed by atoms with van der Waals surface area (Å²) in [7, 11) is 0. The number of nitrogens with zero attached hydrogens (tertiary/aromatic N) is 2. The SMILES string of the molecule is Cc1nc(-c2cccc(C(=O)N3CCNCC3)c2)cs1. The summed E-state index contributed by atoms with van der Waals surface area (Å²) in [4.78, 5) is 18.9. The van der Waals surface area contributed by atoms with Crippen LogP contribution < -0.4 is 5.32 Å². The van der Waals surface area contributed by atoms with Crippen molar-refractivity contribution in [1.29, 1.82) is 0 Å². The second-order valence-corrected chi connectivity index (χ2v) is 5.94. The standard InChI is InChI=1S/C15H17N3OS/c1-11-17-14(10-20-11)12-3-2-4-13(9-12)15(19)18-7-5-16-6-8-18/h2-4,9-10,16H,5-8H2,1H3. The first-order chi connectivity index (χ1) is 9.74. The van der Waals surface area contributed by atoms with Crippen LogP contribution in [0.25, 0.3) is 11.3 Å². The molecule has 1 fully saturated rings. The van der Waals surface area contributed by atoms with Gasteiger partial charge in [-0.3, -0.25) is 4.79 Å². The number of carbonyl (C=O) groups is 1. The lowest BCUT2D eigenvalue weighted by molar-refractivity contribution is 0.0736. The molecule has 1 saturated heterocycles. The van der Waals surface area contributed by atoms with Crippen LogP contribution in [0.15, 0.2) is 29.6 Å². The molecule has 4 nitrogen and oxygen atoms in total. The minimum absolute atomic E-state index is 0.111. The zero-order valence-electron chi connectivity index (χ0n) is 11.4. The molecule has 5 heteroatoms. The van der Waals surface area contributed by atoms with E-state index in [0.717, 1.165) is 48.0 Å². The van der Waals surface area contributed by atoms with Crippen molar-refractivity contribution in [3.05, 3.63) is 40.2 Å². The largest absolute Gasteiger partial charge is 0.336 e. The van der Waals surface area contributed by atoms with Crippen molar-refractivity contribution in [2.45, 2.75) is 6.92 Å². The van der Waals surface area contributed by atoms with Crippen molar-refractivity contribution in [2.24, 2.45) is 0 Å². The van der Waals surface area contributed by atoms with Crippen LogP contribution in [0.1, 0.15) is 15.4 Å². The molecule has 0 aliphatic carbocycles. The second kappa shape index (κ2) is 5.73. The van der Waals surface area contributed by atoms with Gasteiger partial charge in [0.25, 0.3) is 5.91 Å². The fraction of sp³-hybridized carbons (Fsp3) is 0.333. The van der Waals surface area contributed by atoms with E-state index in [1.165, 1.54) is 0 Å². The van der Waals surface area contributed by atoms with Gasteiger partial charge in [-0.25, -0.2) is 4.98 Å². The van der Waals surface area contributed by atoms with E-state index in [-0.39, 0.29) is 5.91 Å². The van der Waals surface area contributed by atoms with Gasteiger partial charge in [0.15, 0.2) is 0 Å². The number of hydrogen-bond acceptors (Lipinski definition) is 4. The van der Waals surface area contributed by atoms with Crippen LogP contribution in [0.4, 0.5) is 0 Å². The Labute approximate surface area is 122 Å². The van der Waals surface area contributed by atoms with Gasteiger partial charge in [0.2, 0.25) is 0 Å². The van der Waals surface area contributed by atoms with Gasteiger partial charge in [-0.2, -0.15) is 0 Å². The number of nitrogens with one attached hydrogen (secondary N) is 1. The maximum absolute atomic E-state index is 12.5. The van der Waals surface area contributed by atoms with Crippen molar-refractivity contribution < 1.29 is 4.79 Å². The fourth-order valence-electron chi connectivity index (χ4n) is 2.36. The summed E-state index contributed by atoms with van der Waals surface area (Å²) in [6, 6.07) is 7.76. The number of aryl methyl sites for hydroxylation is 1. The Morgan fingerprint density at radius 1 is 1.35 bits per heavy atom. The van der Waals surface area contributed by atoms with Crippen LogP contribution in [0.3, 0.4) is 0 Å². The summed E-state index contributed by atoms with van der Waals surface area (Å²) < 4.78 is 0. The molecule has 0 atom stereocenters. The minimum atomic E-state index is 0.111. The Kier molecular flexibility index (Phi) is 3.80. The Bertz CT molecular complexity index is 617. The molecule has 0 unspecified atom stereocenters. The van der Waals surface area contributed by atoms with Gasteiger partial charge in [-0.1, -0.05) is 12.1 Å². The smallest absolute Gasteiger partial charge is 0.253 e. The highest BCUT2D eigenvalue weighted by Gasteiger charge is 2.18. The Hall–Kier alpha value is -1.72. The fourth-order valence-corrected chi connectivity index (χ4v) is 2.98. The number of aromatic nitrogens is 1. The molecule has 104 valence electrons. The predicted molar refractivity (Wildman–Crippen MR) is 81.1 cm³/mol. The number of hydrogen-bond donors (Lipinski definition) is 1. The number of benzene rings is 1. The van der Waals surface area contributed by atoms with Crippen molar-refractivity contribution in [2.75, 3.05) is 26.2 Å². The van der Waals surface area contributed by atoms with Gasteiger partial charge in [-0.05, 0) is 19.1 Å². The van der Waals surface area contributed by atoms with Crippen LogP contribution in [0.5, 0.6) is 0 Å². The Morgan fingerprint density at radius 2 is 2.15 bits per heavy atom. The molecule has 1 aliphatic heterocycles. The zero-order chi connectivity index (χ0) is 13.9. The molecule has 1 N–H and O–H groups in total. The molecule has 20 heavy (non-hydrogen) atoms. The molecule has 3 rings (SSSR count). The van der Waals surface area contributed by atoms with E-state index in [1.54, 1.807) is 11.3 Å². The van der Waals surface area contributed by atoms with Crippen molar-refractivity contribution >= 4 is 17.2 Å². The lowest BCUT2D eigenvalue weighted by atomic mass is 10.1. The van der Waals surface area contributed by atoms with Gasteiger partial charge in [0, 0.05) is 42.7 Å². The Balaban J connectivity index is 1.85. The van der Waals surface area contributed by atoms with Gasteiger partial charge >= 0.3 is 0 Å². The highest BCUT2D eigenvalue weighted by atomic mass is 32.1. The first kappa shape index (κ1) is 13.3. The third-order valence-electron chi connectivity index (χ3n) is 3.43. The predicted octanol–water partition coefficient (Wildman–Crippen LogP) is 2.16. The molecule has 0 spiro atoms. The minimum Gasteiger partial charge on any atom is -0.336 e. The van der Waals surface area contributed by atoms with Crippen LogP contribution in [0, 0.1) is 6.92 Å². The van der Waals surface area contributed by atoms with E-state index in [9.17, 15) is 4.79 Å². The molecule has 1 aliphatic rings. The third-order valence-corrected chi connectivity index (χ3v) is 4.20. The summed E-state index contributed by atoms with van der Waals surface area (Å²) in [6.07, 6.45) is 0. The number of thiazole rings is 1. The van der Waals surface area contributed by atoms with Crippen LogP contribution in [-0.2, 0) is 0 Å². The monoisotopic (exact) mass is 287 g/mol. The second-order valence-electron chi connectivity index (χ2n) is 4.87. The molecule has 0 radical (unpaired) electrons. The van der Waals surface area contributed by atoms with Crippen LogP contribution in [0.2, 0.25) is 0 Å². The summed E-state index contributed by atoms with van der Waals surface area (Å²) in [5.41, 5.74) is 2.70. The highest BCUT2D eigenvalue weighted by molar-refractivity contribution is 7.09. The van der Waals surface area contributed by atoms with Crippen LogP contribution >= 0.6 is 11.3 Å². The average Bonchev–Trinajstić information content (AvgIpc) is 2.94. The highest BCUT2D eigenvalue weighted by Crippen LogP contribution is 2.23. The molecular weight excluding hydrogens is 270 g/mol. The number of rotatable bonds is 2. The summed E-state index contributed by atoms with van der Waals surface area (Å²) in [6.45, 7) is 5.29. The van der Waals surface area contributed by atoms with E-state index >= 15 is 0 Å². The van der Waals surface area contributed by atoms with Crippen LogP contribution in [-0.4, -0.2) is 42.0 Å². The van der Waals surface area contributed by atoms with Crippen molar-refractivity contribution in [3.8, 4) is 11.3 Å². The topological polar surface area (TPSA) is 45.2 Å². The maximum atomic E-state index is 12.5. The summed E-state index contributed by atoms with van der Waals surface area (Å²) >= 11 is 1.63. The summed E-state index contributed by atoms with van der Waals surface area (Å²) in [5, 5.41) is 6.33. The lowest BCUT2D eigenvalue weighted by Gasteiger charge is -2.27. The molecular formula is C15H17N3OS. The molecule has 1 aromatic heterocycles. The molecule has 0 saturated carbocycles. The molecule has 1 amide bonds. The maximum Gasteiger partial charge on any atom is 0.253 e. The van der Waals surface area contributed by atoms with Gasteiger partial charge in [0.05, 0.1) is 10.7 Å². The molecule has 1 aromatic carbocycles. The van der Waals surface area contributed by atoms with Gasteiger partial charge < -0.3 is 10.2 Å². The lowest BCUT2D eigenvalue weighted by Crippen LogP contribution is -2.46. The van der Waals surface area contributed by atoms with E-state index in [4.69, 9.17) is 0 Å². The van der Waals surface area contributed by atoms with E-state index in [0.29, 0.717) is 0 Å². The van der Waals surface area contributed by atoms with Gasteiger partial charge in [-0.15, -0.1) is 11.3 Å². The quantitative estimate of drug-likeness (QED) is 0.920. The number of piperazine rings is 1. The van der Waals surface area contributed by atoms with Crippen molar-refractivity contribution in [3.63, 3.8) is 0 Å². The van der Waals surface area contributed by atoms with E-state index < -0.39 is 0 Å². The third kappa shape index (κ3) is 2.73. The van der Waals surface area contributed by atoms with E-state index in [2.05, 4.69) is 10.3 Å². The Morgan fingerprint density at radius 3 is 2.85 bits per heavy atom. The molecule has 0 bridgehead atoms. The molecule has 2 aromatic rings. The average molecular weight is 287 g/mol. The molecule has 2 heterocycles. The van der Waals surface area contributed by atoms with Gasteiger partial charge in [0.1, 0.15) is 0 Å². The normalized spacial score (nSPS) is 15.3. The number of amides is 1. The first-order valence-electron chi connectivity index (χ1n) is 6.76. The first-order valence-corrected chi connectivity index (χ1v) is 7.64. The zero-order valence-corrected chi connectivity index (χ0v) is 12.2.